The quantitative estimate of drug-likeness (QED) is 0.837. The van der Waals surface area contributed by atoms with E-state index in [1.807, 2.05) is 6.92 Å². The van der Waals surface area contributed by atoms with Gasteiger partial charge in [0.05, 0.1) is 10.0 Å². The van der Waals surface area contributed by atoms with Gasteiger partial charge in [-0.3, -0.25) is 4.79 Å². The molecule has 0 heterocycles. The smallest absolute Gasteiger partial charge is 0.265 e. The third-order valence-electron chi connectivity index (χ3n) is 2.96. The van der Waals surface area contributed by atoms with E-state index in [0.29, 0.717) is 22.9 Å². The summed E-state index contributed by atoms with van der Waals surface area (Å²) in [5, 5.41) is 3.01. The molecule has 0 aromatic heterocycles. The number of nitrogens with one attached hydrogen (secondary N) is 1. The monoisotopic (exact) mass is 341 g/mol. The van der Waals surface area contributed by atoms with Gasteiger partial charge in [-0.25, -0.2) is 4.39 Å². The summed E-state index contributed by atoms with van der Waals surface area (Å²) in [5.41, 5.74) is 0.401. The van der Waals surface area contributed by atoms with Crippen LogP contribution in [-0.2, 0) is 4.79 Å². The minimum absolute atomic E-state index is 0.0575. The van der Waals surface area contributed by atoms with E-state index in [2.05, 4.69) is 5.32 Å². The Hall–Kier alpha value is -1.78. The Morgan fingerprint density at radius 3 is 2.59 bits per heavy atom. The number of benzene rings is 2. The summed E-state index contributed by atoms with van der Waals surface area (Å²) in [5.74, 6) is -0.465. The van der Waals surface area contributed by atoms with Crippen molar-refractivity contribution in [1.82, 2.24) is 0 Å². The lowest BCUT2D eigenvalue weighted by atomic mass is 10.2. The number of halogens is 3. The molecule has 6 heteroatoms. The summed E-state index contributed by atoms with van der Waals surface area (Å²) >= 11 is 11.7. The first-order valence-corrected chi connectivity index (χ1v) is 7.44. The summed E-state index contributed by atoms with van der Waals surface area (Å²) in [6, 6.07) is 10.9. The molecule has 116 valence electrons. The molecule has 0 saturated heterocycles. The van der Waals surface area contributed by atoms with Crippen molar-refractivity contribution in [2.75, 3.05) is 5.32 Å². The second kappa shape index (κ2) is 7.47. The largest absolute Gasteiger partial charge is 0.479 e. The highest BCUT2D eigenvalue weighted by Crippen LogP contribution is 2.25. The number of para-hydroxylation sites is 1. The van der Waals surface area contributed by atoms with Gasteiger partial charge in [0.15, 0.2) is 6.10 Å². The summed E-state index contributed by atoms with van der Waals surface area (Å²) in [4.78, 5) is 12.2. The van der Waals surface area contributed by atoms with Crippen molar-refractivity contribution in [3.8, 4) is 5.75 Å². The Kier molecular flexibility index (Phi) is 5.63. The fourth-order valence-corrected chi connectivity index (χ4v) is 2.17. The van der Waals surface area contributed by atoms with Crippen molar-refractivity contribution < 1.29 is 13.9 Å². The molecule has 1 N–H and O–H groups in total. The van der Waals surface area contributed by atoms with Crippen LogP contribution >= 0.6 is 23.2 Å². The first-order chi connectivity index (χ1) is 10.5. The minimum atomic E-state index is -0.719. The number of hydrogen-bond donors (Lipinski definition) is 1. The van der Waals surface area contributed by atoms with Gasteiger partial charge in [0.2, 0.25) is 0 Å². The molecule has 22 heavy (non-hydrogen) atoms. The second-order valence-corrected chi connectivity index (χ2v) is 5.38. The molecule has 0 aliphatic carbocycles. The highest BCUT2D eigenvalue weighted by Gasteiger charge is 2.19. The minimum Gasteiger partial charge on any atom is -0.479 e. The molecule has 2 aromatic carbocycles. The zero-order valence-electron chi connectivity index (χ0n) is 11.8. The number of amides is 1. The van der Waals surface area contributed by atoms with E-state index in [1.165, 1.54) is 18.2 Å². The van der Waals surface area contributed by atoms with E-state index >= 15 is 0 Å². The average Bonchev–Trinajstić information content (AvgIpc) is 2.50. The number of anilines is 1. The van der Waals surface area contributed by atoms with Gasteiger partial charge in [-0.2, -0.15) is 0 Å². The van der Waals surface area contributed by atoms with Crippen LogP contribution in [0, 0.1) is 5.82 Å². The van der Waals surface area contributed by atoms with Crippen LogP contribution in [0.5, 0.6) is 5.75 Å². The maximum absolute atomic E-state index is 13.1. The van der Waals surface area contributed by atoms with Crippen LogP contribution in [-0.4, -0.2) is 12.0 Å². The van der Waals surface area contributed by atoms with Crippen LogP contribution < -0.4 is 10.1 Å². The van der Waals surface area contributed by atoms with Gasteiger partial charge in [-0.1, -0.05) is 42.3 Å². The molecule has 0 fully saturated rings. The Labute approximate surface area is 138 Å². The van der Waals surface area contributed by atoms with Crippen LogP contribution in [0.25, 0.3) is 0 Å². The van der Waals surface area contributed by atoms with Crippen molar-refractivity contribution in [3.05, 3.63) is 58.3 Å². The molecule has 2 rings (SSSR count). The molecule has 0 aliphatic rings. The van der Waals surface area contributed by atoms with Gasteiger partial charge < -0.3 is 10.1 Å². The lowest BCUT2D eigenvalue weighted by molar-refractivity contribution is -0.122. The van der Waals surface area contributed by atoms with E-state index in [4.69, 9.17) is 27.9 Å². The predicted octanol–water partition coefficient (Wildman–Crippen LogP) is 4.93. The lowest BCUT2D eigenvalue weighted by Crippen LogP contribution is -2.32. The van der Waals surface area contributed by atoms with Crippen molar-refractivity contribution in [3.63, 3.8) is 0 Å². The molecule has 0 bridgehead atoms. The number of carbonyl (C=O) groups is 1. The van der Waals surface area contributed by atoms with Crippen LogP contribution in [0.3, 0.4) is 0 Å². The van der Waals surface area contributed by atoms with Crippen molar-refractivity contribution >= 4 is 34.8 Å². The van der Waals surface area contributed by atoms with Gasteiger partial charge in [0.1, 0.15) is 11.6 Å². The highest BCUT2D eigenvalue weighted by atomic mass is 35.5. The Balaban J connectivity index is 2.08. The van der Waals surface area contributed by atoms with Crippen LogP contribution in [0.2, 0.25) is 10.0 Å². The third-order valence-corrected chi connectivity index (χ3v) is 3.56. The maximum Gasteiger partial charge on any atom is 0.265 e. The lowest BCUT2D eigenvalue weighted by Gasteiger charge is -2.18. The normalized spacial score (nSPS) is 11.8. The summed E-state index contributed by atoms with van der Waals surface area (Å²) in [7, 11) is 0. The van der Waals surface area contributed by atoms with Gasteiger partial charge in [-0.15, -0.1) is 0 Å². The first-order valence-electron chi connectivity index (χ1n) is 6.68. The Morgan fingerprint density at radius 1 is 1.23 bits per heavy atom. The van der Waals surface area contributed by atoms with E-state index < -0.39 is 11.9 Å². The molecular weight excluding hydrogens is 328 g/mol. The van der Waals surface area contributed by atoms with Gasteiger partial charge in [-0.05, 0) is 36.8 Å². The zero-order chi connectivity index (χ0) is 16.1. The van der Waals surface area contributed by atoms with Crippen LogP contribution in [0.15, 0.2) is 42.5 Å². The van der Waals surface area contributed by atoms with E-state index in [0.717, 1.165) is 0 Å². The van der Waals surface area contributed by atoms with Gasteiger partial charge >= 0.3 is 0 Å². The molecule has 2 aromatic rings. The number of rotatable bonds is 5. The molecule has 1 amide bonds. The number of carbonyl (C=O) groups excluding carboxylic acids is 1. The molecule has 1 atom stereocenters. The van der Waals surface area contributed by atoms with E-state index in [9.17, 15) is 9.18 Å². The molecular formula is C16H14Cl2FNO2. The number of ether oxygens (including phenoxy) is 1. The SMILES string of the molecule is CC[C@H](Oc1ccccc1Cl)C(=O)Nc1ccc(F)c(Cl)c1. The molecule has 0 aliphatic heterocycles. The fourth-order valence-electron chi connectivity index (χ4n) is 1.81. The summed E-state index contributed by atoms with van der Waals surface area (Å²) in [6.45, 7) is 1.82. The van der Waals surface area contributed by atoms with Crippen molar-refractivity contribution in [2.24, 2.45) is 0 Å². The maximum atomic E-state index is 13.1. The van der Waals surface area contributed by atoms with Crippen molar-refractivity contribution in [2.45, 2.75) is 19.4 Å². The zero-order valence-corrected chi connectivity index (χ0v) is 13.3. The molecule has 0 radical (unpaired) electrons. The average molecular weight is 342 g/mol. The molecule has 0 spiro atoms. The first kappa shape index (κ1) is 16.6. The summed E-state index contributed by atoms with van der Waals surface area (Å²) in [6.07, 6.45) is -0.268. The topological polar surface area (TPSA) is 38.3 Å². The predicted molar refractivity (Wildman–Crippen MR) is 86.2 cm³/mol. The summed E-state index contributed by atoms with van der Waals surface area (Å²) < 4.78 is 18.7. The molecule has 3 nitrogen and oxygen atoms in total. The third kappa shape index (κ3) is 4.12. The number of hydrogen-bond acceptors (Lipinski definition) is 2. The van der Waals surface area contributed by atoms with E-state index in [-0.39, 0.29) is 10.9 Å². The fraction of sp³-hybridized carbons (Fsp3) is 0.188. The van der Waals surface area contributed by atoms with Crippen LogP contribution in [0.4, 0.5) is 10.1 Å². The second-order valence-electron chi connectivity index (χ2n) is 4.56. The van der Waals surface area contributed by atoms with Gasteiger partial charge in [0.25, 0.3) is 5.91 Å². The molecule has 0 unspecified atom stereocenters. The van der Waals surface area contributed by atoms with Crippen LogP contribution in [0.1, 0.15) is 13.3 Å². The molecule has 0 saturated carbocycles. The van der Waals surface area contributed by atoms with E-state index in [1.54, 1.807) is 24.3 Å². The highest BCUT2D eigenvalue weighted by molar-refractivity contribution is 6.32. The Bertz CT molecular complexity index is 679. The standard InChI is InChI=1S/C16H14Cl2FNO2/c1-2-14(22-15-6-4-3-5-11(15)17)16(21)20-10-7-8-13(19)12(18)9-10/h3-9,14H,2H2,1H3,(H,20,21)/t14-/m0/s1. The Morgan fingerprint density at radius 2 is 1.95 bits per heavy atom. The van der Waals surface area contributed by atoms with Gasteiger partial charge in [0, 0.05) is 5.69 Å². The van der Waals surface area contributed by atoms with Crippen molar-refractivity contribution in [1.29, 1.82) is 0 Å².